The van der Waals surface area contributed by atoms with Crippen molar-refractivity contribution in [1.82, 2.24) is 9.97 Å². The summed E-state index contributed by atoms with van der Waals surface area (Å²) in [5.74, 6) is -0.316. The molecule has 0 amide bonds. The van der Waals surface area contributed by atoms with Crippen molar-refractivity contribution in [1.29, 1.82) is 0 Å². The molecule has 3 rings (SSSR count). The highest BCUT2D eigenvalue weighted by Gasteiger charge is 2.13. The van der Waals surface area contributed by atoms with Gasteiger partial charge in [-0.05, 0) is 17.7 Å². The van der Waals surface area contributed by atoms with Crippen LogP contribution in [0.3, 0.4) is 0 Å². The Balaban J connectivity index is 2.15. The van der Waals surface area contributed by atoms with Gasteiger partial charge in [-0.25, -0.2) is 14.8 Å². The van der Waals surface area contributed by atoms with Crippen LogP contribution >= 0.6 is 0 Å². The fourth-order valence-corrected chi connectivity index (χ4v) is 2.41. The smallest absolute Gasteiger partial charge is 0.335 e. The molecule has 2 aromatic carbocycles. The van der Waals surface area contributed by atoms with E-state index in [0.717, 1.165) is 22.4 Å². The van der Waals surface area contributed by atoms with Crippen molar-refractivity contribution in [2.24, 2.45) is 0 Å². The van der Waals surface area contributed by atoms with Crippen molar-refractivity contribution < 1.29 is 9.90 Å². The average molecular weight is 319 g/mol. The van der Waals surface area contributed by atoms with Gasteiger partial charge in [-0.3, -0.25) is 0 Å². The Hall–Kier alpha value is -3.21. The Kier molecular flexibility index (Phi) is 4.24. The molecule has 0 atom stereocenters. The first kappa shape index (κ1) is 15.7. The Morgan fingerprint density at radius 3 is 2.21 bits per heavy atom. The summed E-state index contributed by atoms with van der Waals surface area (Å²) in [5.41, 5.74) is 3.80. The molecule has 0 spiro atoms. The van der Waals surface area contributed by atoms with E-state index < -0.39 is 5.97 Å². The molecule has 3 aromatic rings. The van der Waals surface area contributed by atoms with Gasteiger partial charge in [0, 0.05) is 31.4 Å². The molecule has 1 heterocycles. The molecule has 5 heteroatoms. The van der Waals surface area contributed by atoms with Crippen LogP contribution in [0.15, 0.2) is 60.8 Å². The molecule has 1 aromatic heterocycles. The third kappa shape index (κ3) is 3.10. The number of nitrogens with zero attached hydrogens (tertiary/aromatic N) is 3. The minimum atomic E-state index is -0.941. The quantitative estimate of drug-likeness (QED) is 0.796. The normalized spacial score (nSPS) is 10.4. The lowest BCUT2D eigenvalue weighted by Crippen LogP contribution is -2.13. The highest BCUT2D eigenvalue weighted by molar-refractivity contribution is 5.89. The number of carbonyl (C=O) groups is 1. The van der Waals surface area contributed by atoms with Gasteiger partial charge in [0.2, 0.25) is 5.95 Å². The maximum Gasteiger partial charge on any atom is 0.335 e. The van der Waals surface area contributed by atoms with E-state index in [1.54, 1.807) is 30.5 Å². The minimum absolute atomic E-state index is 0.255. The highest BCUT2D eigenvalue weighted by Crippen LogP contribution is 2.31. The topological polar surface area (TPSA) is 66.3 Å². The van der Waals surface area contributed by atoms with Crippen molar-refractivity contribution in [2.45, 2.75) is 0 Å². The summed E-state index contributed by atoms with van der Waals surface area (Å²) in [7, 11) is 3.79. The van der Waals surface area contributed by atoms with E-state index in [-0.39, 0.29) is 5.56 Å². The zero-order valence-electron chi connectivity index (χ0n) is 13.5. The molecular formula is C19H17N3O2. The molecule has 0 aliphatic carbocycles. The van der Waals surface area contributed by atoms with Crippen molar-refractivity contribution in [3.05, 3.63) is 66.4 Å². The molecule has 0 radical (unpaired) electrons. The zero-order chi connectivity index (χ0) is 17.1. The van der Waals surface area contributed by atoms with Crippen LogP contribution in [0.4, 0.5) is 5.95 Å². The van der Waals surface area contributed by atoms with E-state index in [9.17, 15) is 4.79 Å². The van der Waals surface area contributed by atoms with E-state index in [4.69, 9.17) is 5.11 Å². The summed E-state index contributed by atoms with van der Waals surface area (Å²) in [6.45, 7) is 0. The molecule has 24 heavy (non-hydrogen) atoms. The predicted molar refractivity (Wildman–Crippen MR) is 94.2 cm³/mol. The molecule has 1 N–H and O–H groups in total. The van der Waals surface area contributed by atoms with Gasteiger partial charge in [0.1, 0.15) is 0 Å². The summed E-state index contributed by atoms with van der Waals surface area (Å²) in [6, 6.07) is 16.6. The Morgan fingerprint density at radius 2 is 1.62 bits per heavy atom. The second kappa shape index (κ2) is 6.50. The zero-order valence-corrected chi connectivity index (χ0v) is 13.5. The number of hydrogen-bond donors (Lipinski definition) is 1. The largest absolute Gasteiger partial charge is 0.478 e. The molecule has 120 valence electrons. The third-order valence-corrected chi connectivity index (χ3v) is 3.67. The number of aromatic carboxylic acids is 1. The SMILES string of the molecule is CN(C)c1ncc(-c2ccc(C(=O)O)cc2)c(-c2ccccc2)n1. The van der Waals surface area contributed by atoms with Gasteiger partial charge in [-0.2, -0.15) is 0 Å². The summed E-state index contributed by atoms with van der Waals surface area (Å²) < 4.78 is 0. The van der Waals surface area contributed by atoms with Crippen LogP contribution in [-0.4, -0.2) is 35.1 Å². The molecule has 0 aliphatic rings. The van der Waals surface area contributed by atoms with Gasteiger partial charge in [-0.15, -0.1) is 0 Å². The van der Waals surface area contributed by atoms with Crippen LogP contribution < -0.4 is 4.90 Å². The minimum Gasteiger partial charge on any atom is -0.478 e. The van der Waals surface area contributed by atoms with Crippen LogP contribution in [0.2, 0.25) is 0 Å². The first-order chi connectivity index (χ1) is 11.6. The standard InChI is InChI=1S/C19H17N3O2/c1-22(2)19-20-12-16(13-8-10-15(11-9-13)18(23)24)17(21-19)14-6-4-3-5-7-14/h3-12H,1-2H3,(H,23,24). The lowest BCUT2D eigenvalue weighted by Gasteiger charge is -2.15. The molecule has 0 unspecified atom stereocenters. The lowest BCUT2D eigenvalue weighted by molar-refractivity contribution is 0.0697. The molecule has 0 bridgehead atoms. The van der Waals surface area contributed by atoms with Gasteiger partial charge >= 0.3 is 5.97 Å². The molecule has 0 saturated heterocycles. The summed E-state index contributed by atoms with van der Waals surface area (Å²) in [4.78, 5) is 21.9. The number of hydrogen-bond acceptors (Lipinski definition) is 4. The predicted octanol–water partition coefficient (Wildman–Crippen LogP) is 3.57. The van der Waals surface area contributed by atoms with E-state index in [1.165, 1.54) is 0 Å². The Morgan fingerprint density at radius 1 is 0.958 bits per heavy atom. The second-order valence-electron chi connectivity index (χ2n) is 5.58. The molecule has 0 fully saturated rings. The second-order valence-corrected chi connectivity index (χ2v) is 5.58. The fourth-order valence-electron chi connectivity index (χ4n) is 2.41. The van der Waals surface area contributed by atoms with Crippen molar-refractivity contribution in [3.8, 4) is 22.4 Å². The van der Waals surface area contributed by atoms with Crippen LogP contribution in [0.1, 0.15) is 10.4 Å². The fraction of sp³-hybridized carbons (Fsp3) is 0.105. The number of carboxylic acids is 1. The Labute approximate surface area is 140 Å². The van der Waals surface area contributed by atoms with Crippen LogP contribution in [0, 0.1) is 0 Å². The van der Waals surface area contributed by atoms with Crippen LogP contribution in [0.25, 0.3) is 22.4 Å². The lowest BCUT2D eigenvalue weighted by atomic mass is 10.00. The summed E-state index contributed by atoms with van der Waals surface area (Å²) in [6.07, 6.45) is 1.78. The van der Waals surface area contributed by atoms with E-state index in [0.29, 0.717) is 5.95 Å². The summed E-state index contributed by atoms with van der Waals surface area (Å²) in [5, 5.41) is 9.05. The van der Waals surface area contributed by atoms with E-state index in [2.05, 4.69) is 9.97 Å². The summed E-state index contributed by atoms with van der Waals surface area (Å²) >= 11 is 0. The van der Waals surface area contributed by atoms with E-state index in [1.807, 2.05) is 49.3 Å². The molecule has 0 saturated carbocycles. The number of rotatable bonds is 4. The first-order valence-electron chi connectivity index (χ1n) is 7.50. The molecular weight excluding hydrogens is 302 g/mol. The number of benzene rings is 2. The maximum absolute atomic E-state index is 11.0. The van der Waals surface area contributed by atoms with Crippen molar-refractivity contribution in [2.75, 3.05) is 19.0 Å². The number of carboxylic acid groups (broad SMARTS) is 1. The van der Waals surface area contributed by atoms with Crippen molar-refractivity contribution >= 4 is 11.9 Å². The molecule has 5 nitrogen and oxygen atoms in total. The average Bonchev–Trinajstić information content (AvgIpc) is 2.62. The number of aromatic nitrogens is 2. The number of anilines is 1. The first-order valence-corrected chi connectivity index (χ1v) is 7.50. The molecule has 0 aliphatic heterocycles. The van der Waals surface area contributed by atoms with Gasteiger partial charge < -0.3 is 10.0 Å². The highest BCUT2D eigenvalue weighted by atomic mass is 16.4. The van der Waals surface area contributed by atoms with Gasteiger partial charge in [-0.1, -0.05) is 42.5 Å². The van der Waals surface area contributed by atoms with Gasteiger partial charge in [0.15, 0.2) is 0 Å². The van der Waals surface area contributed by atoms with Crippen LogP contribution in [-0.2, 0) is 0 Å². The van der Waals surface area contributed by atoms with Crippen LogP contribution in [0.5, 0.6) is 0 Å². The van der Waals surface area contributed by atoms with Gasteiger partial charge in [0.05, 0.1) is 11.3 Å². The van der Waals surface area contributed by atoms with Gasteiger partial charge in [0.25, 0.3) is 0 Å². The third-order valence-electron chi connectivity index (χ3n) is 3.67. The van der Waals surface area contributed by atoms with E-state index >= 15 is 0 Å². The monoisotopic (exact) mass is 319 g/mol. The maximum atomic E-state index is 11.0. The van der Waals surface area contributed by atoms with Crippen molar-refractivity contribution in [3.63, 3.8) is 0 Å². The Bertz CT molecular complexity index is 860.